The third-order valence-electron chi connectivity index (χ3n) is 4.54. The molecular weight excluding hydrogens is 304 g/mol. The highest BCUT2D eigenvalue weighted by molar-refractivity contribution is 5.71. The number of phenols is 1. The molecule has 0 unspecified atom stereocenters. The van der Waals surface area contributed by atoms with Gasteiger partial charge in [-0.15, -0.1) is 0 Å². The molecule has 1 aliphatic carbocycles. The van der Waals surface area contributed by atoms with E-state index in [1.165, 1.54) is 12.8 Å². The second-order valence-electron chi connectivity index (χ2n) is 6.35. The van der Waals surface area contributed by atoms with Gasteiger partial charge in [0.1, 0.15) is 23.1 Å². The zero-order valence-electron chi connectivity index (χ0n) is 13.9. The van der Waals surface area contributed by atoms with E-state index in [0.717, 1.165) is 30.8 Å². The zero-order chi connectivity index (χ0) is 16.9. The van der Waals surface area contributed by atoms with Crippen LogP contribution in [-0.4, -0.2) is 34.8 Å². The maximum Gasteiger partial charge on any atom is 0.150 e. The summed E-state index contributed by atoms with van der Waals surface area (Å²) in [5.74, 6) is 2.00. The number of anilines is 2. The fourth-order valence-corrected chi connectivity index (χ4v) is 3.22. The molecule has 1 saturated carbocycles. The highest BCUT2D eigenvalue weighted by Crippen LogP contribution is 2.28. The summed E-state index contributed by atoms with van der Waals surface area (Å²) >= 11 is 0. The highest BCUT2D eigenvalue weighted by atomic mass is 16.5. The van der Waals surface area contributed by atoms with Gasteiger partial charge in [-0.2, -0.15) is 0 Å². The van der Waals surface area contributed by atoms with Crippen LogP contribution in [0.3, 0.4) is 0 Å². The lowest BCUT2D eigenvalue weighted by Crippen LogP contribution is -2.28. The molecule has 2 aromatic rings. The fourth-order valence-electron chi connectivity index (χ4n) is 3.22. The first kappa shape index (κ1) is 16.5. The third-order valence-corrected chi connectivity index (χ3v) is 4.54. The molecule has 0 aliphatic heterocycles. The first-order chi connectivity index (χ1) is 11.7. The van der Waals surface area contributed by atoms with Crippen LogP contribution in [0.1, 0.15) is 25.7 Å². The van der Waals surface area contributed by atoms with Gasteiger partial charge in [0.15, 0.2) is 0 Å². The number of nitrogens with two attached hydrogens (primary N) is 1. The molecule has 1 fully saturated rings. The predicted molar refractivity (Wildman–Crippen MR) is 94.8 cm³/mol. The number of rotatable bonds is 5. The van der Waals surface area contributed by atoms with E-state index in [4.69, 9.17) is 10.5 Å². The van der Waals surface area contributed by atoms with Crippen LogP contribution in [0.15, 0.2) is 30.5 Å². The van der Waals surface area contributed by atoms with Crippen molar-refractivity contribution in [3.05, 3.63) is 30.5 Å². The molecule has 0 bridgehead atoms. The molecular formula is C18H24N4O2. The summed E-state index contributed by atoms with van der Waals surface area (Å²) in [5, 5.41) is 12.9. The summed E-state index contributed by atoms with van der Waals surface area (Å²) in [7, 11) is 1.76. The molecule has 3 rings (SSSR count). The van der Waals surface area contributed by atoms with E-state index < -0.39 is 0 Å². The summed E-state index contributed by atoms with van der Waals surface area (Å²) in [5.41, 5.74) is 7.44. The van der Waals surface area contributed by atoms with Crippen molar-refractivity contribution >= 4 is 11.6 Å². The van der Waals surface area contributed by atoms with E-state index in [2.05, 4.69) is 15.3 Å². The van der Waals surface area contributed by atoms with Crippen molar-refractivity contribution in [3.8, 4) is 17.0 Å². The molecule has 0 amide bonds. The Morgan fingerprint density at radius 2 is 1.92 bits per heavy atom. The Balaban J connectivity index is 1.69. The SMILES string of the molecule is COCC1CCC(Nc2cnc(N)c(-c3ccc(O)cc3)n2)CC1. The number of phenolic OH excluding ortho intramolecular Hbond substituents is 1. The van der Waals surface area contributed by atoms with E-state index in [9.17, 15) is 5.11 Å². The topological polar surface area (TPSA) is 93.3 Å². The van der Waals surface area contributed by atoms with Crippen molar-refractivity contribution in [2.24, 2.45) is 5.92 Å². The molecule has 1 aromatic heterocycles. The Bertz CT molecular complexity index is 667. The Morgan fingerprint density at radius 3 is 2.58 bits per heavy atom. The van der Waals surface area contributed by atoms with Crippen LogP contribution in [0, 0.1) is 5.92 Å². The number of aromatic hydroxyl groups is 1. The summed E-state index contributed by atoms with van der Waals surface area (Å²) in [4.78, 5) is 8.87. The van der Waals surface area contributed by atoms with Crippen LogP contribution in [0.2, 0.25) is 0 Å². The predicted octanol–water partition coefficient (Wildman–Crippen LogP) is 3.05. The van der Waals surface area contributed by atoms with Gasteiger partial charge in [-0.1, -0.05) is 0 Å². The number of aromatic nitrogens is 2. The lowest BCUT2D eigenvalue weighted by atomic mass is 9.86. The maximum absolute atomic E-state index is 9.41. The molecule has 0 spiro atoms. The molecule has 1 heterocycles. The molecule has 0 radical (unpaired) electrons. The van der Waals surface area contributed by atoms with E-state index >= 15 is 0 Å². The van der Waals surface area contributed by atoms with E-state index in [1.54, 1.807) is 37.6 Å². The van der Waals surface area contributed by atoms with Crippen LogP contribution >= 0.6 is 0 Å². The minimum absolute atomic E-state index is 0.215. The average molecular weight is 328 g/mol. The summed E-state index contributed by atoms with van der Waals surface area (Å²) in [6, 6.07) is 7.22. The molecule has 0 atom stereocenters. The normalized spacial score (nSPS) is 20.7. The molecule has 6 heteroatoms. The van der Waals surface area contributed by atoms with Crippen molar-refractivity contribution in [2.75, 3.05) is 24.8 Å². The molecule has 4 N–H and O–H groups in total. The smallest absolute Gasteiger partial charge is 0.150 e. The monoisotopic (exact) mass is 328 g/mol. The van der Waals surface area contributed by atoms with Gasteiger partial charge in [-0.3, -0.25) is 0 Å². The second-order valence-corrected chi connectivity index (χ2v) is 6.35. The van der Waals surface area contributed by atoms with Gasteiger partial charge in [-0.05, 0) is 55.9 Å². The number of methoxy groups -OCH3 is 1. The van der Waals surface area contributed by atoms with E-state index in [-0.39, 0.29) is 5.75 Å². The fraction of sp³-hybridized carbons (Fsp3) is 0.444. The average Bonchev–Trinajstić information content (AvgIpc) is 2.59. The summed E-state index contributed by atoms with van der Waals surface area (Å²) < 4.78 is 5.25. The minimum Gasteiger partial charge on any atom is -0.508 e. The summed E-state index contributed by atoms with van der Waals surface area (Å²) in [6.07, 6.45) is 6.22. The van der Waals surface area contributed by atoms with E-state index in [0.29, 0.717) is 23.5 Å². The van der Waals surface area contributed by atoms with Crippen LogP contribution in [0.4, 0.5) is 11.6 Å². The Labute approximate surface area is 142 Å². The van der Waals surface area contributed by atoms with E-state index in [1.807, 2.05) is 0 Å². The number of ether oxygens (including phenoxy) is 1. The van der Waals surface area contributed by atoms with Gasteiger partial charge in [-0.25, -0.2) is 9.97 Å². The second kappa shape index (κ2) is 7.49. The Morgan fingerprint density at radius 1 is 1.21 bits per heavy atom. The van der Waals surface area contributed by atoms with Gasteiger partial charge in [0, 0.05) is 25.3 Å². The lowest BCUT2D eigenvalue weighted by Gasteiger charge is -2.29. The van der Waals surface area contributed by atoms with Crippen LogP contribution < -0.4 is 11.1 Å². The van der Waals surface area contributed by atoms with Crippen molar-refractivity contribution in [2.45, 2.75) is 31.7 Å². The van der Waals surface area contributed by atoms with Gasteiger partial charge < -0.3 is 20.9 Å². The number of benzene rings is 1. The number of hydrogen-bond donors (Lipinski definition) is 3. The Kier molecular flexibility index (Phi) is 5.15. The third kappa shape index (κ3) is 3.94. The molecule has 1 aromatic carbocycles. The van der Waals surface area contributed by atoms with Crippen LogP contribution in [-0.2, 0) is 4.74 Å². The standard InChI is InChI=1S/C18H24N4O2/c1-24-11-12-2-6-14(7-3-12)21-16-10-20-18(19)17(22-16)13-4-8-15(23)9-5-13/h4-5,8-10,12,14,23H,2-3,6-7,11H2,1H3,(H2,19,20)(H,21,22). The van der Waals surface area contributed by atoms with Gasteiger partial charge in [0.25, 0.3) is 0 Å². The Hall–Kier alpha value is -2.34. The van der Waals surface area contributed by atoms with Gasteiger partial charge in [0.2, 0.25) is 0 Å². The molecule has 0 saturated heterocycles. The number of nitrogens with zero attached hydrogens (tertiary/aromatic N) is 2. The largest absolute Gasteiger partial charge is 0.508 e. The lowest BCUT2D eigenvalue weighted by molar-refractivity contribution is 0.129. The van der Waals surface area contributed by atoms with Crippen LogP contribution in [0.25, 0.3) is 11.3 Å². The minimum atomic E-state index is 0.215. The molecule has 128 valence electrons. The molecule has 1 aliphatic rings. The van der Waals surface area contributed by atoms with Crippen molar-refractivity contribution in [3.63, 3.8) is 0 Å². The zero-order valence-corrected chi connectivity index (χ0v) is 13.9. The summed E-state index contributed by atoms with van der Waals surface area (Å²) in [6.45, 7) is 0.847. The van der Waals surface area contributed by atoms with Gasteiger partial charge >= 0.3 is 0 Å². The number of nitrogens with one attached hydrogen (secondary N) is 1. The first-order valence-corrected chi connectivity index (χ1v) is 8.33. The quantitative estimate of drug-likeness (QED) is 0.781. The molecule has 6 nitrogen and oxygen atoms in total. The number of hydrogen-bond acceptors (Lipinski definition) is 6. The van der Waals surface area contributed by atoms with Crippen molar-refractivity contribution < 1.29 is 9.84 Å². The maximum atomic E-state index is 9.41. The molecule has 24 heavy (non-hydrogen) atoms. The highest BCUT2D eigenvalue weighted by Gasteiger charge is 2.21. The van der Waals surface area contributed by atoms with Crippen molar-refractivity contribution in [1.29, 1.82) is 0 Å². The van der Waals surface area contributed by atoms with Crippen LogP contribution in [0.5, 0.6) is 5.75 Å². The van der Waals surface area contributed by atoms with Crippen molar-refractivity contribution in [1.82, 2.24) is 9.97 Å². The number of nitrogen functional groups attached to an aromatic ring is 1. The first-order valence-electron chi connectivity index (χ1n) is 8.33. The van der Waals surface area contributed by atoms with Gasteiger partial charge in [0.05, 0.1) is 6.20 Å².